The number of hydrogen-bond acceptors (Lipinski definition) is 6. The number of amides is 3. The number of methoxy groups -OCH3 is 1. The predicted molar refractivity (Wildman–Crippen MR) is 113 cm³/mol. The van der Waals surface area contributed by atoms with Crippen molar-refractivity contribution in [2.45, 2.75) is 19.8 Å². The van der Waals surface area contributed by atoms with E-state index < -0.39 is 30.3 Å². The molecule has 2 aromatic carbocycles. The van der Waals surface area contributed by atoms with Gasteiger partial charge in [0.15, 0.2) is 6.61 Å². The van der Waals surface area contributed by atoms with Crippen LogP contribution in [0.3, 0.4) is 0 Å². The molecule has 3 rings (SSSR count). The fourth-order valence-electron chi connectivity index (χ4n) is 3.34. The third-order valence-corrected chi connectivity index (χ3v) is 4.94. The molecule has 8 heteroatoms. The highest BCUT2D eigenvalue weighted by Gasteiger charge is 2.35. The standard InChI is InChI=1S/C23H24N2O6/c1-3-15-7-4-5-8-19(15)24-20(26)14-31-23(29)16-9-10-17-18(13-16)22(28)25(21(17)27)11-6-12-30-2/h4-5,7-10,13H,3,6,11-12,14H2,1-2H3,(H,24,26). The number of ether oxygens (including phenoxy) is 2. The Bertz CT molecular complexity index is 1020. The first-order valence-electron chi connectivity index (χ1n) is 10.00. The number of nitrogens with one attached hydrogen (secondary N) is 1. The molecule has 1 aliphatic rings. The fourth-order valence-corrected chi connectivity index (χ4v) is 3.34. The number of carbonyl (C=O) groups is 4. The molecule has 0 aromatic heterocycles. The number of esters is 1. The van der Waals surface area contributed by atoms with E-state index in [-0.39, 0.29) is 23.2 Å². The Hall–Kier alpha value is -3.52. The van der Waals surface area contributed by atoms with E-state index in [2.05, 4.69) is 5.32 Å². The lowest BCUT2D eigenvalue weighted by molar-refractivity contribution is -0.119. The molecule has 1 heterocycles. The largest absolute Gasteiger partial charge is 0.452 e. The van der Waals surface area contributed by atoms with Crippen molar-refractivity contribution in [3.05, 3.63) is 64.7 Å². The van der Waals surface area contributed by atoms with E-state index in [0.717, 1.165) is 16.9 Å². The summed E-state index contributed by atoms with van der Waals surface area (Å²) in [4.78, 5) is 50.6. The van der Waals surface area contributed by atoms with Gasteiger partial charge in [-0.2, -0.15) is 0 Å². The van der Waals surface area contributed by atoms with E-state index in [9.17, 15) is 19.2 Å². The van der Waals surface area contributed by atoms with E-state index in [1.54, 1.807) is 13.2 Å². The zero-order valence-electron chi connectivity index (χ0n) is 17.5. The molecule has 1 N–H and O–H groups in total. The van der Waals surface area contributed by atoms with Gasteiger partial charge in [-0.15, -0.1) is 0 Å². The molecule has 0 saturated carbocycles. The van der Waals surface area contributed by atoms with Crippen molar-refractivity contribution in [3.63, 3.8) is 0 Å². The fraction of sp³-hybridized carbons (Fsp3) is 0.304. The summed E-state index contributed by atoms with van der Waals surface area (Å²) >= 11 is 0. The van der Waals surface area contributed by atoms with Gasteiger partial charge in [0, 0.05) is 25.9 Å². The molecule has 8 nitrogen and oxygen atoms in total. The predicted octanol–water partition coefficient (Wildman–Crippen LogP) is 2.68. The summed E-state index contributed by atoms with van der Waals surface area (Å²) in [7, 11) is 1.54. The Balaban J connectivity index is 1.62. The zero-order chi connectivity index (χ0) is 22.4. The number of hydrogen-bond donors (Lipinski definition) is 1. The minimum Gasteiger partial charge on any atom is -0.452 e. The van der Waals surface area contributed by atoms with E-state index in [4.69, 9.17) is 9.47 Å². The lowest BCUT2D eigenvalue weighted by Gasteiger charge is -2.12. The van der Waals surface area contributed by atoms with Gasteiger partial charge < -0.3 is 14.8 Å². The number of nitrogens with zero attached hydrogens (tertiary/aromatic N) is 1. The van der Waals surface area contributed by atoms with Crippen molar-refractivity contribution >= 4 is 29.4 Å². The highest BCUT2D eigenvalue weighted by molar-refractivity contribution is 6.22. The number of aryl methyl sites for hydroxylation is 1. The molecule has 2 aromatic rings. The molecule has 0 bridgehead atoms. The van der Waals surface area contributed by atoms with Crippen LogP contribution in [0.25, 0.3) is 0 Å². The Kier molecular flexibility index (Phi) is 7.15. The van der Waals surface area contributed by atoms with Crippen molar-refractivity contribution in [2.24, 2.45) is 0 Å². The average Bonchev–Trinajstić information content (AvgIpc) is 3.02. The maximum absolute atomic E-state index is 12.6. The molecule has 1 aliphatic heterocycles. The summed E-state index contributed by atoms with van der Waals surface area (Å²) < 4.78 is 10.0. The van der Waals surface area contributed by atoms with Crippen LogP contribution < -0.4 is 5.32 Å². The molecule has 0 fully saturated rings. The van der Waals surface area contributed by atoms with E-state index in [0.29, 0.717) is 18.7 Å². The molecule has 3 amide bonds. The number of para-hydroxylation sites is 1. The van der Waals surface area contributed by atoms with Crippen molar-refractivity contribution in [1.29, 1.82) is 0 Å². The molecule has 31 heavy (non-hydrogen) atoms. The Labute approximate surface area is 180 Å². The van der Waals surface area contributed by atoms with Gasteiger partial charge in [-0.25, -0.2) is 4.79 Å². The second-order valence-corrected chi connectivity index (χ2v) is 7.00. The average molecular weight is 424 g/mol. The maximum Gasteiger partial charge on any atom is 0.338 e. The number of anilines is 1. The molecular formula is C23H24N2O6. The summed E-state index contributed by atoms with van der Waals surface area (Å²) in [5, 5.41) is 2.72. The topological polar surface area (TPSA) is 102 Å². The quantitative estimate of drug-likeness (QED) is 0.377. The first-order valence-corrected chi connectivity index (χ1v) is 10.00. The Morgan fingerprint density at radius 3 is 2.52 bits per heavy atom. The van der Waals surface area contributed by atoms with Crippen molar-refractivity contribution < 1.29 is 28.7 Å². The smallest absolute Gasteiger partial charge is 0.338 e. The van der Waals surface area contributed by atoms with Gasteiger partial charge in [-0.1, -0.05) is 25.1 Å². The van der Waals surface area contributed by atoms with Crippen LogP contribution in [-0.4, -0.2) is 55.5 Å². The van der Waals surface area contributed by atoms with Crippen molar-refractivity contribution in [3.8, 4) is 0 Å². The molecule has 0 atom stereocenters. The summed E-state index contributed by atoms with van der Waals surface area (Å²) in [5.41, 5.74) is 2.13. The lowest BCUT2D eigenvalue weighted by atomic mass is 10.1. The second-order valence-electron chi connectivity index (χ2n) is 7.00. The monoisotopic (exact) mass is 424 g/mol. The molecule has 0 saturated heterocycles. The molecule has 162 valence electrons. The first-order chi connectivity index (χ1) is 15.0. The molecule has 0 radical (unpaired) electrons. The highest BCUT2D eigenvalue weighted by Crippen LogP contribution is 2.24. The van der Waals surface area contributed by atoms with E-state index in [1.165, 1.54) is 18.2 Å². The van der Waals surface area contributed by atoms with Crippen molar-refractivity contribution in [1.82, 2.24) is 4.90 Å². The molecular weight excluding hydrogens is 400 g/mol. The van der Waals surface area contributed by atoms with Gasteiger partial charge in [0.25, 0.3) is 17.7 Å². The Morgan fingerprint density at radius 1 is 1.03 bits per heavy atom. The van der Waals surface area contributed by atoms with Crippen LogP contribution in [0.4, 0.5) is 5.69 Å². The molecule has 0 aliphatic carbocycles. The van der Waals surface area contributed by atoms with Crippen LogP contribution >= 0.6 is 0 Å². The SMILES string of the molecule is CCc1ccccc1NC(=O)COC(=O)c1ccc2c(c1)C(=O)N(CCCOC)C2=O. The van der Waals surface area contributed by atoms with Gasteiger partial charge in [0.1, 0.15) is 0 Å². The number of fused-ring (bicyclic) bond motifs is 1. The number of rotatable bonds is 9. The van der Waals surface area contributed by atoms with Crippen LogP contribution in [-0.2, 0) is 20.7 Å². The summed E-state index contributed by atoms with van der Waals surface area (Å²) in [6, 6.07) is 11.5. The zero-order valence-corrected chi connectivity index (χ0v) is 17.5. The number of benzene rings is 2. The number of carbonyl (C=O) groups excluding carboxylic acids is 4. The van der Waals surface area contributed by atoms with Gasteiger partial charge in [-0.05, 0) is 42.7 Å². The third-order valence-electron chi connectivity index (χ3n) is 4.94. The highest BCUT2D eigenvalue weighted by atomic mass is 16.5. The Morgan fingerprint density at radius 2 is 1.77 bits per heavy atom. The van der Waals surface area contributed by atoms with Crippen LogP contribution in [0.5, 0.6) is 0 Å². The van der Waals surface area contributed by atoms with E-state index in [1.807, 2.05) is 25.1 Å². The van der Waals surface area contributed by atoms with Crippen LogP contribution in [0, 0.1) is 0 Å². The third kappa shape index (κ3) is 4.97. The summed E-state index contributed by atoms with van der Waals surface area (Å²) in [5.74, 6) is -2.07. The van der Waals surface area contributed by atoms with Gasteiger partial charge in [-0.3, -0.25) is 19.3 Å². The van der Waals surface area contributed by atoms with Crippen molar-refractivity contribution in [2.75, 3.05) is 32.2 Å². The van der Waals surface area contributed by atoms with Gasteiger partial charge >= 0.3 is 5.97 Å². The summed E-state index contributed by atoms with van der Waals surface area (Å²) in [6.45, 7) is 2.17. The minimum absolute atomic E-state index is 0.0976. The first kappa shape index (κ1) is 22.2. The van der Waals surface area contributed by atoms with Crippen LogP contribution in [0.15, 0.2) is 42.5 Å². The molecule has 0 spiro atoms. The van der Waals surface area contributed by atoms with Gasteiger partial charge in [0.05, 0.1) is 16.7 Å². The van der Waals surface area contributed by atoms with Gasteiger partial charge in [0.2, 0.25) is 0 Å². The summed E-state index contributed by atoms with van der Waals surface area (Å²) in [6.07, 6.45) is 1.27. The maximum atomic E-state index is 12.6. The molecule has 0 unspecified atom stereocenters. The minimum atomic E-state index is -0.750. The van der Waals surface area contributed by atoms with Crippen LogP contribution in [0.2, 0.25) is 0 Å². The second kappa shape index (κ2) is 9.99. The number of imide groups is 1. The lowest BCUT2D eigenvalue weighted by Crippen LogP contribution is -2.31. The van der Waals surface area contributed by atoms with Crippen LogP contribution in [0.1, 0.15) is 50.0 Å². The normalized spacial score (nSPS) is 12.6. The van der Waals surface area contributed by atoms with E-state index >= 15 is 0 Å².